The average molecular weight is 583 g/mol. The zero-order valence-corrected chi connectivity index (χ0v) is 24.8. The molecule has 0 aromatic heterocycles. The summed E-state index contributed by atoms with van der Waals surface area (Å²) in [6.45, 7) is 9.72. The zero-order valence-electron chi connectivity index (χ0n) is 24.8. The largest absolute Gasteiger partial charge is 0.479 e. The van der Waals surface area contributed by atoms with Crippen molar-refractivity contribution in [3.8, 4) is 0 Å². The van der Waals surface area contributed by atoms with Crippen LogP contribution >= 0.6 is 0 Å². The van der Waals surface area contributed by atoms with Gasteiger partial charge < -0.3 is 29.6 Å². The lowest BCUT2D eigenvalue weighted by molar-refractivity contribution is 0.302. The molecule has 8 rings (SSSR count). The molecule has 224 valence electrons. The second kappa shape index (κ2) is 10.3. The third kappa shape index (κ3) is 4.71. The topological polar surface area (TPSA) is 110 Å². The van der Waals surface area contributed by atoms with E-state index in [1.807, 2.05) is 0 Å². The van der Waals surface area contributed by atoms with Gasteiger partial charge in [-0.3, -0.25) is 20.0 Å². The van der Waals surface area contributed by atoms with E-state index in [-0.39, 0.29) is 11.8 Å². The Labute approximate surface area is 251 Å². The number of aliphatic imine (C=N–C) groups is 4. The van der Waals surface area contributed by atoms with Crippen molar-refractivity contribution in [1.29, 1.82) is 0 Å². The minimum absolute atomic E-state index is 0.0450. The summed E-state index contributed by atoms with van der Waals surface area (Å²) in [6, 6.07) is 13.5. The molecule has 0 saturated heterocycles. The summed E-state index contributed by atoms with van der Waals surface area (Å²) < 4.78 is 23.9. The van der Waals surface area contributed by atoms with Crippen LogP contribution in [0, 0.1) is 0 Å². The summed E-state index contributed by atoms with van der Waals surface area (Å²) in [6.07, 6.45) is 2.37. The van der Waals surface area contributed by atoms with Crippen molar-refractivity contribution in [2.45, 2.75) is 56.0 Å². The molecule has 0 fully saturated rings. The van der Waals surface area contributed by atoms with Crippen LogP contribution in [0.5, 0.6) is 0 Å². The molecular formula is C33H38N6O4. The van der Waals surface area contributed by atoms with Crippen LogP contribution in [0.3, 0.4) is 0 Å². The van der Waals surface area contributed by atoms with Gasteiger partial charge in [0.05, 0.1) is 38.0 Å². The van der Waals surface area contributed by atoms with Crippen molar-refractivity contribution < 1.29 is 18.9 Å². The molecule has 4 unspecified atom stereocenters. The summed E-state index contributed by atoms with van der Waals surface area (Å²) in [7, 11) is 0. The molecule has 2 N–H and O–H groups in total. The molecule has 0 saturated carbocycles. The highest BCUT2D eigenvalue weighted by atomic mass is 16.5. The quantitative estimate of drug-likeness (QED) is 0.526. The van der Waals surface area contributed by atoms with Crippen LogP contribution < -0.4 is 10.6 Å². The van der Waals surface area contributed by atoms with E-state index in [0.717, 1.165) is 54.2 Å². The molecule has 6 aliphatic heterocycles. The van der Waals surface area contributed by atoms with Gasteiger partial charge in [0.15, 0.2) is 11.8 Å². The highest BCUT2D eigenvalue weighted by Crippen LogP contribution is 2.44. The molecule has 0 radical (unpaired) electrons. The Kier molecular flexibility index (Phi) is 6.34. The molecule has 0 aliphatic carbocycles. The maximum absolute atomic E-state index is 6.03. The zero-order chi connectivity index (χ0) is 29.0. The number of hydrogen-bond acceptors (Lipinski definition) is 10. The van der Waals surface area contributed by atoms with Gasteiger partial charge in [0.2, 0.25) is 11.8 Å². The van der Waals surface area contributed by atoms with E-state index < -0.39 is 11.1 Å². The van der Waals surface area contributed by atoms with E-state index in [2.05, 4.69) is 70.9 Å². The fraction of sp³-hybridized carbons (Fsp3) is 0.515. The number of fused-ring (bicyclic) bond motifs is 2. The number of benzene rings is 2. The lowest BCUT2D eigenvalue weighted by Crippen LogP contribution is -2.49. The van der Waals surface area contributed by atoms with Crippen molar-refractivity contribution in [3.05, 3.63) is 58.7 Å². The van der Waals surface area contributed by atoms with Gasteiger partial charge >= 0.3 is 0 Å². The maximum atomic E-state index is 6.03. The molecule has 0 amide bonds. The van der Waals surface area contributed by atoms with Gasteiger partial charge in [-0.2, -0.15) is 0 Å². The van der Waals surface area contributed by atoms with Crippen molar-refractivity contribution in [2.24, 2.45) is 20.0 Å². The molecule has 2 aromatic rings. The van der Waals surface area contributed by atoms with Crippen LogP contribution in [0.25, 0.3) is 0 Å². The number of ether oxygens (including phenoxy) is 4. The second-order valence-electron chi connectivity index (χ2n) is 12.7. The van der Waals surface area contributed by atoms with Crippen LogP contribution in [-0.2, 0) is 25.4 Å². The van der Waals surface area contributed by atoms with Gasteiger partial charge in [-0.15, -0.1) is 0 Å². The summed E-state index contributed by atoms with van der Waals surface area (Å²) in [5.41, 5.74) is 6.29. The predicted molar refractivity (Wildman–Crippen MR) is 167 cm³/mol. The number of rotatable bonds is 6. The maximum Gasteiger partial charge on any atom is 0.209 e. The molecule has 0 bridgehead atoms. The molecule has 6 aliphatic rings. The normalized spacial score (nSPS) is 30.7. The molecule has 10 nitrogen and oxygen atoms in total. The summed E-state index contributed by atoms with van der Waals surface area (Å²) in [5, 5.41) is 7.49. The van der Waals surface area contributed by atoms with Crippen LogP contribution in [0.4, 0.5) is 11.4 Å². The molecule has 4 atom stereocenters. The highest BCUT2D eigenvalue weighted by molar-refractivity contribution is 5.96. The Hall–Kier alpha value is -4.08. The Balaban J connectivity index is 1.11. The smallest absolute Gasteiger partial charge is 0.209 e. The first kappa shape index (κ1) is 26.5. The lowest BCUT2D eigenvalue weighted by Gasteiger charge is -2.40. The van der Waals surface area contributed by atoms with Gasteiger partial charge in [-0.1, -0.05) is 24.3 Å². The van der Waals surface area contributed by atoms with Crippen LogP contribution in [0.2, 0.25) is 0 Å². The SMILES string of the molecule is CC1(C2=NCCO2)CC(C2=NCCO2)c2cc(Cc3ccc4c(c3)C(C3=NCCO3)CC(C)(C3=NCCO3)N4)ccc2N1. The van der Waals surface area contributed by atoms with E-state index in [9.17, 15) is 0 Å². The van der Waals surface area contributed by atoms with Gasteiger partial charge in [-0.25, -0.2) is 0 Å². The average Bonchev–Trinajstić information content (AvgIpc) is 3.84. The standard InChI is InChI=1S/C33H38N6O4/c1-32(30-36-9-13-42-30)18-24(28-34-7-11-40-28)22-16-20(3-5-26(22)38-32)15-21-4-6-27-23(17-21)25(29-35-8-12-41-29)19-33(2,39-27)31-37-10-14-43-31/h3-6,16-17,24-25,38-39H,7-15,18-19H2,1-2H3. The first-order valence-corrected chi connectivity index (χ1v) is 15.5. The van der Waals surface area contributed by atoms with Crippen LogP contribution in [-0.4, -0.2) is 87.3 Å². The highest BCUT2D eigenvalue weighted by Gasteiger charge is 2.45. The van der Waals surface area contributed by atoms with E-state index in [0.29, 0.717) is 52.6 Å². The number of hydrogen-bond donors (Lipinski definition) is 2. The third-order valence-corrected chi connectivity index (χ3v) is 9.37. The van der Waals surface area contributed by atoms with Gasteiger partial charge in [0.1, 0.15) is 37.5 Å². The summed E-state index contributed by atoms with van der Waals surface area (Å²) >= 11 is 0. The number of anilines is 2. The molecule has 43 heavy (non-hydrogen) atoms. The Morgan fingerprint density at radius 2 is 1.07 bits per heavy atom. The van der Waals surface area contributed by atoms with E-state index >= 15 is 0 Å². The van der Waals surface area contributed by atoms with Crippen molar-refractivity contribution in [3.63, 3.8) is 0 Å². The van der Waals surface area contributed by atoms with Crippen molar-refractivity contribution in [2.75, 3.05) is 63.2 Å². The lowest BCUT2D eigenvalue weighted by atomic mass is 9.78. The van der Waals surface area contributed by atoms with Gasteiger partial charge in [-0.05, 0) is 67.5 Å². The molecular weight excluding hydrogens is 544 g/mol. The van der Waals surface area contributed by atoms with Crippen molar-refractivity contribution in [1.82, 2.24) is 0 Å². The van der Waals surface area contributed by atoms with Crippen LogP contribution in [0.15, 0.2) is 56.4 Å². The monoisotopic (exact) mass is 582 g/mol. The van der Waals surface area contributed by atoms with E-state index in [1.54, 1.807) is 0 Å². The molecule has 2 aromatic carbocycles. The van der Waals surface area contributed by atoms with Gasteiger partial charge in [0.25, 0.3) is 0 Å². The number of nitrogens with one attached hydrogen (secondary N) is 2. The predicted octanol–water partition coefficient (Wildman–Crippen LogP) is 4.31. The van der Waals surface area contributed by atoms with E-state index in [4.69, 9.17) is 28.9 Å². The second-order valence-corrected chi connectivity index (χ2v) is 12.7. The summed E-state index contributed by atoms with van der Waals surface area (Å²) in [5.74, 6) is 3.29. The van der Waals surface area contributed by atoms with E-state index in [1.165, 1.54) is 22.3 Å². The fourth-order valence-electron chi connectivity index (χ4n) is 7.40. The minimum Gasteiger partial charge on any atom is -0.479 e. The Bertz CT molecular complexity index is 1470. The summed E-state index contributed by atoms with van der Waals surface area (Å²) in [4.78, 5) is 18.8. The first-order chi connectivity index (χ1) is 21.0. The molecule has 10 heteroatoms. The Morgan fingerprint density at radius 1 is 0.628 bits per heavy atom. The fourth-order valence-corrected chi connectivity index (χ4v) is 7.40. The Morgan fingerprint density at radius 3 is 1.47 bits per heavy atom. The van der Waals surface area contributed by atoms with Gasteiger partial charge in [0, 0.05) is 11.4 Å². The first-order valence-electron chi connectivity index (χ1n) is 15.5. The minimum atomic E-state index is -0.403. The third-order valence-electron chi connectivity index (χ3n) is 9.37. The van der Waals surface area contributed by atoms with Crippen LogP contribution in [0.1, 0.15) is 60.8 Å². The molecule has 0 spiro atoms. The number of nitrogens with zero attached hydrogens (tertiary/aromatic N) is 4. The van der Waals surface area contributed by atoms with Crippen molar-refractivity contribution >= 4 is 35.0 Å². The molecule has 6 heterocycles.